The molecule has 3 heterocycles. The summed E-state index contributed by atoms with van der Waals surface area (Å²) in [5.74, 6) is -6.53. The van der Waals surface area contributed by atoms with Crippen LogP contribution in [0.3, 0.4) is 0 Å². The quantitative estimate of drug-likeness (QED) is 0.680. The highest BCUT2D eigenvalue weighted by Crippen LogP contribution is 2.50. The second kappa shape index (κ2) is 7.32. The highest BCUT2D eigenvalue weighted by atomic mass is 19.1. The standard InChI is InChI=1S/C22H19F4N3O4/c1-8-10-4-15(17(8)26)29-16(10)7-28-6-12(19(30)20(31)18(28)22(29)33)21(32)27-5-11-13(24)2-9(23)3-14(11)25/h2-3,6,8,10,15-17,31H,4-5,7H2,1H3,(H,27,32)/t8-,10-,15+,16?,17+/m0/s1. The lowest BCUT2D eigenvalue weighted by Crippen LogP contribution is -2.57. The van der Waals surface area contributed by atoms with Crippen molar-refractivity contribution in [2.24, 2.45) is 11.8 Å². The van der Waals surface area contributed by atoms with Crippen LogP contribution in [0, 0.1) is 29.3 Å². The number of hydrogen-bond donors (Lipinski definition) is 2. The lowest BCUT2D eigenvalue weighted by molar-refractivity contribution is 0.0153. The van der Waals surface area contributed by atoms with Crippen molar-refractivity contribution < 1.29 is 32.3 Å². The molecule has 174 valence electrons. The van der Waals surface area contributed by atoms with Gasteiger partial charge >= 0.3 is 0 Å². The Kier molecular flexibility index (Phi) is 4.77. The maximum Gasteiger partial charge on any atom is 0.275 e. The summed E-state index contributed by atoms with van der Waals surface area (Å²) in [6.07, 6.45) is 0.413. The Morgan fingerprint density at radius 3 is 2.52 bits per heavy atom. The number of carbonyl (C=O) groups is 2. The van der Waals surface area contributed by atoms with Gasteiger partial charge < -0.3 is 19.9 Å². The lowest BCUT2D eigenvalue weighted by atomic mass is 9.86. The molecule has 5 atom stereocenters. The van der Waals surface area contributed by atoms with Crippen molar-refractivity contribution in [2.45, 2.75) is 44.7 Å². The lowest BCUT2D eigenvalue weighted by Gasteiger charge is -2.43. The third-order valence-corrected chi connectivity index (χ3v) is 7.12. The molecule has 1 saturated heterocycles. The number of pyridine rings is 1. The van der Waals surface area contributed by atoms with Crippen LogP contribution < -0.4 is 10.7 Å². The first-order valence-electron chi connectivity index (χ1n) is 10.4. The number of rotatable bonds is 3. The molecule has 11 heteroatoms. The van der Waals surface area contributed by atoms with Gasteiger partial charge in [-0.1, -0.05) is 6.92 Å². The van der Waals surface area contributed by atoms with Gasteiger partial charge in [-0.3, -0.25) is 14.4 Å². The van der Waals surface area contributed by atoms with E-state index in [-0.39, 0.29) is 30.1 Å². The Morgan fingerprint density at radius 2 is 1.85 bits per heavy atom. The number of halogens is 4. The number of nitrogens with one attached hydrogen (secondary N) is 1. The summed E-state index contributed by atoms with van der Waals surface area (Å²) in [5.41, 5.74) is -2.59. The minimum absolute atomic E-state index is 0.0922. The van der Waals surface area contributed by atoms with Crippen molar-refractivity contribution in [2.75, 3.05) is 0 Å². The molecule has 7 nitrogen and oxygen atoms in total. The molecule has 2 aliphatic heterocycles. The molecule has 3 aliphatic rings. The summed E-state index contributed by atoms with van der Waals surface area (Å²) < 4.78 is 56.6. The van der Waals surface area contributed by atoms with E-state index < -0.39 is 70.3 Å². The van der Waals surface area contributed by atoms with Crippen LogP contribution in [0.1, 0.15) is 39.8 Å². The molecule has 2 bridgehead atoms. The van der Waals surface area contributed by atoms with Gasteiger partial charge in [-0.2, -0.15) is 0 Å². The van der Waals surface area contributed by atoms with E-state index in [0.29, 0.717) is 18.6 Å². The highest BCUT2D eigenvalue weighted by Gasteiger charge is 2.59. The molecule has 1 saturated carbocycles. The predicted octanol–water partition coefficient (Wildman–Crippen LogP) is 2.10. The Morgan fingerprint density at radius 1 is 1.18 bits per heavy atom. The van der Waals surface area contributed by atoms with E-state index in [9.17, 15) is 37.1 Å². The van der Waals surface area contributed by atoms with Gasteiger partial charge in [-0.15, -0.1) is 0 Å². The summed E-state index contributed by atoms with van der Waals surface area (Å²) in [7, 11) is 0. The average molecular weight is 465 g/mol. The first-order valence-corrected chi connectivity index (χ1v) is 10.4. The second-order valence-electron chi connectivity index (χ2n) is 8.80. The third kappa shape index (κ3) is 3.05. The largest absolute Gasteiger partial charge is 0.503 e. The van der Waals surface area contributed by atoms with Gasteiger partial charge in [0.15, 0.2) is 11.4 Å². The molecular weight excluding hydrogens is 446 g/mol. The van der Waals surface area contributed by atoms with Crippen molar-refractivity contribution in [3.8, 4) is 5.75 Å². The average Bonchev–Trinajstić information content (AvgIpc) is 3.26. The number of piperidine rings is 1. The van der Waals surface area contributed by atoms with Gasteiger partial charge in [-0.05, 0) is 18.3 Å². The van der Waals surface area contributed by atoms with E-state index in [2.05, 4.69) is 5.32 Å². The number of hydrogen-bond acceptors (Lipinski definition) is 4. The van der Waals surface area contributed by atoms with Crippen LogP contribution >= 0.6 is 0 Å². The molecular formula is C22H19F4N3O4. The molecule has 2 N–H and O–H groups in total. The van der Waals surface area contributed by atoms with Crippen LogP contribution in [-0.2, 0) is 13.1 Å². The van der Waals surface area contributed by atoms with Crippen LogP contribution in [0.5, 0.6) is 5.75 Å². The van der Waals surface area contributed by atoms with Gasteiger partial charge in [0.25, 0.3) is 11.8 Å². The number of fused-ring (bicyclic) bond motifs is 6. The minimum atomic E-state index is -1.21. The summed E-state index contributed by atoms with van der Waals surface area (Å²) in [4.78, 5) is 39.6. The van der Waals surface area contributed by atoms with Gasteiger partial charge in [0, 0.05) is 37.0 Å². The van der Waals surface area contributed by atoms with Gasteiger partial charge in [0.1, 0.15) is 29.2 Å². The number of benzene rings is 1. The summed E-state index contributed by atoms with van der Waals surface area (Å²) in [6, 6.07) is -0.0360. The Hall–Kier alpha value is -3.37. The third-order valence-electron chi connectivity index (χ3n) is 7.12. The molecule has 0 radical (unpaired) electrons. The van der Waals surface area contributed by atoms with Gasteiger partial charge in [-0.25, -0.2) is 17.6 Å². The first-order chi connectivity index (χ1) is 15.6. The predicted molar refractivity (Wildman–Crippen MR) is 106 cm³/mol. The van der Waals surface area contributed by atoms with Crippen molar-refractivity contribution in [3.63, 3.8) is 0 Å². The van der Waals surface area contributed by atoms with Crippen molar-refractivity contribution >= 4 is 11.8 Å². The van der Waals surface area contributed by atoms with E-state index in [0.717, 1.165) is 6.20 Å². The molecule has 1 unspecified atom stereocenters. The van der Waals surface area contributed by atoms with E-state index >= 15 is 0 Å². The maximum absolute atomic E-state index is 14.5. The zero-order valence-electron chi connectivity index (χ0n) is 17.3. The first kappa shape index (κ1) is 21.5. The number of carbonyl (C=O) groups excluding carboxylic acids is 2. The minimum Gasteiger partial charge on any atom is -0.503 e. The Bertz CT molecular complexity index is 1240. The van der Waals surface area contributed by atoms with Crippen LogP contribution in [0.4, 0.5) is 17.6 Å². The smallest absolute Gasteiger partial charge is 0.275 e. The number of aromatic nitrogens is 1. The van der Waals surface area contributed by atoms with E-state index in [1.165, 1.54) is 9.47 Å². The molecule has 0 spiro atoms. The Labute approximate surface area is 184 Å². The molecule has 5 rings (SSSR count). The summed E-state index contributed by atoms with van der Waals surface area (Å²) >= 11 is 0. The molecule has 1 aromatic carbocycles. The fourth-order valence-electron chi connectivity index (χ4n) is 5.47. The fraction of sp³-hybridized carbons (Fsp3) is 0.409. The number of aromatic hydroxyl groups is 1. The molecule has 33 heavy (non-hydrogen) atoms. The number of alkyl halides is 1. The zero-order valence-corrected chi connectivity index (χ0v) is 17.3. The van der Waals surface area contributed by atoms with Crippen LogP contribution in [-0.4, -0.2) is 44.6 Å². The van der Waals surface area contributed by atoms with E-state index in [1.54, 1.807) is 6.92 Å². The maximum atomic E-state index is 14.5. The normalized spacial score (nSPS) is 27.5. The SMILES string of the molecule is C[C@@H]1[C@@H](F)[C@H]2C[C@@H]1C1Cn3cc(C(=O)NCc4c(F)cc(F)cc4F)c(=O)c(O)c3C(=O)N12. The van der Waals surface area contributed by atoms with Crippen molar-refractivity contribution in [3.05, 3.63) is 62.8 Å². The summed E-state index contributed by atoms with van der Waals surface area (Å²) in [5, 5.41) is 12.6. The molecule has 1 aromatic heterocycles. The monoisotopic (exact) mass is 465 g/mol. The van der Waals surface area contributed by atoms with Crippen LogP contribution in [0.2, 0.25) is 0 Å². The van der Waals surface area contributed by atoms with Crippen molar-refractivity contribution in [1.82, 2.24) is 14.8 Å². The zero-order chi connectivity index (χ0) is 23.8. The fourth-order valence-corrected chi connectivity index (χ4v) is 5.47. The van der Waals surface area contributed by atoms with Crippen LogP contribution in [0.15, 0.2) is 23.1 Å². The molecule has 2 fully saturated rings. The van der Waals surface area contributed by atoms with Crippen molar-refractivity contribution in [1.29, 1.82) is 0 Å². The highest BCUT2D eigenvalue weighted by molar-refractivity contribution is 5.99. The Balaban J connectivity index is 1.45. The second-order valence-corrected chi connectivity index (χ2v) is 8.80. The topological polar surface area (TPSA) is 91.6 Å². The molecule has 2 amide bonds. The van der Waals surface area contributed by atoms with Crippen LogP contribution in [0.25, 0.3) is 0 Å². The number of amides is 2. The van der Waals surface area contributed by atoms with Gasteiger partial charge in [0.2, 0.25) is 5.43 Å². The summed E-state index contributed by atoms with van der Waals surface area (Å²) in [6.45, 7) is 1.27. The van der Waals surface area contributed by atoms with E-state index in [1.807, 2.05) is 0 Å². The van der Waals surface area contributed by atoms with E-state index in [4.69, 9.17) is 0 Å². The molecule has 1 aliphatic carbocycles. The number of nitrogens with zero attached hydrogens (tertiary/aromatic N) is 2. The molecule has 2 aromatic rings. The van der Waals surface area contributed by atoms with Gasteiger partial charge in [0.05, 0.1) is 12.1 Å².